The summed E-state index contributed by atoms with van der Waals surface area (Å²) in [7, 11) is 3.60. The monoisotopic (exact) mass is 338 g/mol. The first-order valence-corrected chi connectivity index (χ1v) is 8.52. The largest absolute Gasteiger partial charge is 0.318 e. The molecule has 0 aliphatic heterocycles. The van der Waals surface area contributed by atoms with E-state index in [0.29, 0.717) is 5.69 Å². The van der Waals surface area contributed by atoms with Crippen molar-refractivity contribution in [3.05, 3.63) is 72.3 Å². The second-order valence-electron chi connectivity index (χ2n) is 5.33. The molecule has 0 aliphatic rings. The van der Waals surface area contributed by atoms with Crippen molar-refractivity contribution in [3.8, 4) is 0 Å². The Labute approximate surface area is 145 Å². The molecule has 24 heavy (non-hydrogen) atoms. The summed E-state index contributed by atoms with van der Waals surface area (Å²) >= 11 is 1.61. The van der Waals surface area contributed by atoms with Gasteiger partial charge in [0.25, 0.3) is 5.91 Å². The first kappa shape index (κ1) is 16.3. The highest BCUT2D eigenvalue weighted by Gasteiger charge is 2.19. The predicted molar refractivity (Wildman–Crippen MR) is 96.2 cm³/mol. The molecule has 2 aromatic heterocycles. The van der Waals surface area contributed by atoms with Crippen LogP contribution in [0, 0.1) is 0 Å². The number of thioether (sulfide) groups is 1. The van der Waals surface area contributed by atoms with Crippen LogP contribution in [-0.2, 0) is 12.8 Å². The van der Waals surface area contributed by atoms with Gasteiger partial charge >= 0.3 is 0 Å². The zero-order chi connectivity index (χ0) is 16.9. The summed E-state index contributed by atoms with van der Waals surface area (Å²) in [5.74, 6) is 0.710. The number of carbonyl (C=O) groups is 1. The fourth-order valence-electron chi connectivity index (χ4n) is 2.29. The summed E-state index contributed by atoms with van der Waals surface area (Å²) in [6.45, 7) is 0. The number of benzene rings is 1. The van der Waals surface area contributed by atoms with Crippen LogP contribution in [0.4, 0.5) is 5.69 Å². The van der Waals surface area contributed by atoms with Gasteiger partial charge in [0.1, 0.15) is 5.69 Å². The Kier molecular flexibility index (Phi) is 4.96. The highest BCUT2D eigenvalue weighted by molar-refractivity contribution is 7.98. The van der Waals surface area contributed by atoms with Crippen LogP contribution < -0.4 is 4.90 Å². The van der Waals surface area contributed by atoms with Crippen LogP contribution in [-0.4, -0.2) is 27.5 Å². The molecule has 0 fully saturated rings. The minimum atomic E-state index is -0.107. The number of anilines is 1. The molecule has 3 aromatic rings. The molecule has 0 N–H and O–H groups in total. The molecule has 0 radical (unpaired) electrons. The molecular weight excluding hydrogens is 320 g/mol. The lowest BCUT2D eigenvalue weighted by atomic mass is 10.2. The molecule has 0 unspecified atom stereocenters. The van der Waals surface area contributed by atoms with Gasteiger partial charge in [0, 0.05) is 26.0 Å². The Hall–Kier alpha value is -2.60. The molecule has 1 aromatic carbocycles. The maximum absolute atomic E-state index is 12.7. The van der Waals surface area contributed by atoms with Gasteiger partial charge in [0.05, 0.1) is 18.1 Å². The van der Waals surface area contributed by atoms with Gasteiger partial charge in [-0.05, 0) is 17.7 Å². The lowest BCUT2D eigenvalue weighted by molar-refractivity contribution is 0.0984. The van der Waals surface area contributed by atoms with Crippen LogP contribution in [0.1, 0.15) is 16.1 Å². The maximum Gasteiger partial charge on any atom is 0.276 e. The van der Waals surface area contributed by atoms with E-state index in [1.807, 2.05) is 41.9 Å². The van der Waals surface area contributed by atoms with E-state index in [4.69, 9.17) is 0 Å². The van der Waals surface area contributed by atoms with Gasteiger partial charge in [-0.1, -0.05) is 42.1 Å². The Morgan fingerprint density at radius 3 is 2.67 bits per heavy atom. The molecule has 5 nitrogen and oxygen atoms in total. The number of hydrogen-bond acceptors (Lipinski definition) is 4. The molecule has 1 amide bonds. The van der Waals surface area contributed by atoms with E-state index in [0.717, 1.165) is 16.6 Å². The van der Waals surface area contributed by atoms with Crippen molar-refractivity contribution in [3.63, 3.8) is 0 Å². The topological polar surface area (TPSA) is 51.0 Å². The summed E-state index contributed by atoms with van der Waals surface area (Å²) in [5, 5.41) is 0.821. The van der Waals surface area contributed by atoms with Gasteiger partial charge in [-0.15, -0.1) is 0 Å². The molecule has 0 atom stereocenters. The second kappa shape index (κ2) is 7.31. The third-order valence-corrected chi connectivity index (χ3v) is 4.83. The molecule has 6 heteroatoms. The van der Waals surface area contributed by atoms with E-state index in [1.54, 1.807) is 42.3 Å². The van der Waals surface area contributed by atoms with Crippen molar-refractivity contribution < 1.29 is 4.79 Å². The van der Waals surface area contributed by atoms with Crippen molar-refractivity contribution in [1.29, 1.82) is 0 Å². The highest BCUT2D eigenvalue weighted by atomic mass is 32.2. The van der Waals surface area contributed by atoms with Crippen LogP contribution in [0.15, 0.2) is 66.2 Å². The molecule has 0 spiro atoms. The lowest BCUT2D eigenvalue weighted by Crippen LogP contribution is -2.28. The molecule has 0 saturated heterocycles. The van der Waals surface area contributed by atoms with Crippen LogP contribution in [0.3, 0.4) is 0 Å². The first-order valence-electron chi connectivity index (χ1n) is 7.53. The minimum absolute atomic E-state index is 0.107. The molecule has 0 saturated carbocycles. The molecule has 3 rings (SSSR count). The Balaban J connectivity index is 1.73. The van der Waals surface area contributed by atoms with Crippen LogP contribution in [0.25, 0.3) is 0 Å². The van der Waals surface area contributed by atoms with Gasteiger partial charge in [-0.25, -0.2) is 4.98 Å². The Bertz CT molecular complexity index is 818. The highest BCUT2D eigenvalue weighted by Crippen LogP contribution is 2.23. The fraction of sp³-hybridized carbons (Fsp3) is 0.167. The second-order valence-corrected chi connectivity index (χ2v) is 6.28. The van der Waals surface area contributed by atoms with Crippen LogP contribution >= 0.6 is 11.8 Å². The SMILES string of the molecule is CN(C(=O)c1cnc(SCc2ccccc2)n1C)c1cccnc1. The van der Waals surface area contributed by atoms with Crippen molar-refractivity contribution in [1.82, 2.24) is 14.5 Å². The number of aromatic nitrogens is 3. The van der Waals surface area contributed by atoms with Gasteiger partial charge in [0.15, 0.2) is 5.16 Å². The fourth-order valence-corrected chi connectivity index (χ4v) is 3.20. The smallest absolute Gasteiger partial charge is 0.276 e. The normalized spacial score (nSPS) is 10.6. The third-order valence-electron chi connectivity index (χ3n) is 3.71. The van der Waals surface area contributed by atoms with Crippen LogP contribution in [0.5, 0.6) is 0 Å². The van der Waals surface area contributed by atoms with Crippen molar-refractivity contribution >= 4 is 23.4 Å². The van der Waals surface area contributed by atoms with E-state index in [2.05, 4.69) is 22.1 Å². The van der Waals surface area contributed by atoms with Crippen molar-refractivity contribution in [2.24, 2.45) is 7.05 Å². The third kappa shape index (κ3) is 3.49. The number of amides is 1. The lowest BCUT2D eigenvalue weighted by Gasteiger charge is -2.17. The van der Waals surface area contributed by atoms with Crippen LogP contribution in [0.2, 0.25) is 0 Å². The minimum Gasteiger partial charge on any atom is -0.318 e. The van der Waals surface area contributed by atoms with E-state index < -0.39 is 0 Å². The van der Waals surface area contributed by atoms with E-state index in [1.165, 1.54) is 5.56 Å². The Morgan fingerprint density at radius 2 is 1.96 bits per heavy atom. The van der Waals surface area contributed by atoms with Gasteiger partial charge in [-0.3, -0.25) is 9.78 Å². The van der Waals surface area contributed by atoms with E-state index in [-0.39, 0.29) is 5.91 Å². The average molecular weight is 338 g/mol. The maximum atomic E-state index is 12.7. The van der Waals surface area contributed by atoms with Crippen molar-refractivity contribution in [2.75, 3.05) is 11.9 Å². The molecular formula is C18H18N4OS. The van der Waals surface area contributed by atoms with E-state index >= 15 is 0 Å². The molecule has 2 heterocycles. The number of pyridine rings is 1. The van der Waals surface area contributed by atoms with Gasteiger partial charge < -0.3 is 9.47 Å². The Morgan fingerprint density at radius 1 is 1.17 bits per heavy atom. The zero-order valence-corrected chi connectivity index (χ0v) is 14.4. The number of nitrogens with zero attached hydrogens (tertiary/aromatic N) is 4. The molecule has 122 valence electrons. The number of imidazole rings is 1. The van der Waals surface area contributed by atoms with E-state index in [9.17, 15) is 4.79 Å². The predicted octanol–water partition coefficient (Wildman–Crippen LogP) is 3.38. The van der Waals surface area contributed by atoms with Gasteiger partial charge in [0.2, 0.25) is 0 Å². The first-order chi connectivity index (χ1) is 11.7. The summed E-state index contributed by atoms with van der Waals surface area (Å²) in [4.78, 5) is 22.7. The van der Waals surface area contributed by atoms with Gasteiger partial charge in [-0.2, -0.15) is 0 Å². The number of hydrogen-bond donors (Lipinski definition) is 0. The number of rotatable bonds is 5. The summed E-state index contributed by atoms with van der Waals surface area (Å²) in [6.07, 6.45) is 4.98. The number of carbonyl (C=O) groups excluding carboxylic acids is 1. The quantitative estimate of drug-likeness (QED) is 0.669. The standard InChI is InChI=1S/C18H18N4OS/c1-21(15-9-6-10-19-11-15)17(23)16-12-20-18(22(16)2)24-13-14-7-4-3-5-8-14/h3-12H,13H2,1-2H3. The summed E-state index contributed by atoms with van der Waals surface area (Å²) < 4.78 is 1.84. The molecule has 0 aliphatic carbocycles. The summed E-state index contributed by atoms with van der Waals surface area (Å²) in [5.41, 5.74) is 2.53. The summed E-state index contributed by atoms with van der Waals surface area (Å²) in [6, 6.07) is 13.9. The van der Waals surface area contributed by atoms with Crippen molar-refractivity contribution in [2.45, 2.75) is 10.9 Å². The average Bonchev–Trinajstić information content (AvgIpc) is 3.01. The molecule has 0 bridgehead atoms. The zero-order valence-electron chi connectivity index (χ0n) is 13.6.